The highest BCUT2D eigenvalue weighted by molar-refractivity contribution is 5.79. The average Bonchev–Trinajstić information content (AvgIpc) is 3.27. The van der Waals surface area contributed by atoms with Crippen molar-refractivity contribution in [1.29, 1.82) is 0 Å². The smallest absolute Gasteiger partial charge is 0.231 e. The minimum atomic E-state index is 0.0173. The fourth-order valence-electron chi connectivity index (χ4n) is 4.07. The summed E-state index contributed by atoms with van der Waals surface area (Å²) in [6.07, 6.45) is 10.0. The summed E-state index contributed by atoms with van der Waals surface area (Å²) in [4.78, 5) is 33.0. The van der Waals surface area contributed by atoms with E-state index in [2.05, 4.69) is 20.6 Å². The zero-order valence-electron chi connectivity index (χ0n) is 17.5. The van der Waals surface area contributed by atoms with E-state index in [0.717, 1.165) is 48.4 Å². The summed E-state index contributed by atoms with van der Waals surface area (Å²) in [7, 11) is 0. The van der Waals surface area contributed by atoms with Crippen molar-refractivity contribution in [2.45, 2.75) is 51.0 Å². The molecule has 0 spiro atoms. The third kappa shape index (κ3) is 5.93. The fourth-order valence-corrected chi connectivity index (χ4v) is 4.07. The van der Waals surface area contributed by atoms with Gasteiger partial charge < -0.3 is 20.1 Å². The van der Waals surface area contributed by atoms with Crippen LogP contribution >= 0.6 is 0 Å². The molecule has 31 heavy (non-hydrogen) atoms. The number of carbonyl (C=O) groups is 2. The molecule has 2 heterocycles. The quantitative estimate of drug-likeness (QED) is 0.673. The minimum absolute atomic E-state index is 0.0173. The maximum atomic E-state index is 12.4. The van der Waals surface area contributed by atoms with Gasteiger partial charge in [-0.05, 0) is 49.8 Å². The molecule has 8 heteroatoms. The number of rotatable bonds is 8. The maximum absolute atomic E-state index is 12.4. The van der Waals surface area contributed by atoms with Crippen LogP contribution in [0, 0.1) is 5.92 Å². The van der Waals surface area contributed by atoms with Crippen molar-refractivity contribution < 1.29 is 19.1 Å². The summed E-state index contributed by atoms with van der Waals surface area (Å²) < 4.78 is 10.7. The van der Waals surface area contributed by atoms with Crippen LogP contribution in [0.1, 0.15) is 43.4 Å². The van der Waals surface area contributed by atoms with Crippen molar-refractivity contribution in [2.75, 3.05) is 13.3 Å². The molecule has 0 atom stereocenters. The fraction of sp³-hybridized carbons (Fsp3) is 0.478. The number of amides is 2. The number of benzene rings is 1. The van der Waals surface area contributed by atoms with E-state index in [4.69, 9.17) is 9.47 Å². The molecule has 0 unspecified atom stereocenters. The normalized spacial score (nSPS) is 19.6. The lowest BCUT2D eigenvalue weighted by atomic mass is 9.85. The first-order chi connectivity index (χ1) is 15.2. The lowest BCUT2D eigenvalue weighted by Gasteiger charge is -2.28. The molecule has 4 rings (SSSR count). The highest BCUT2D eigenvalue weighted by Gasteiger charge is 2.27. The van der Waals surface area contributed by atoms with Crippen molar-refractivity contribution in [3.8, 4) is 11.5 Å². The number of ether oxygens (including phenoxy) is 2. The Kier molecular flexibility index (Phi) is 6.96. The van der Waals surface area contributed by atoms with Gasteiger partial charge in [-0.15, -0.1) is 0 Å². The predicted octanol–water partition coefficient (Wildman–Crippen LogP) is 2.17. The summed E-state index contributed by atoms with van der Waals surface area (Å²) >= 11 is 0. The second-order valence-electron chi connectivity index (χ2n) is 8.04. The van der Waals surface area contributed by atoms with Crippen LogP contribution in [0.2, 0.25) is 0 Å². The van der Waals surface area contributed by atoms with Crippen LogP contribution in [-0.2, 0) is 22.4 Å². The number of fused-ring (bicyclic) bond motifs is 1. The molecule has 1 saturated carbocycles. The van der Waals surface area contributed by atoms with E-state index in [-0.39, 0.29) is 30.6 Å². The summed E-state index contributed by atoms with van der Waals surface area (Å²) in [5, 5.41) is 6.12. The second kappa shape index (κ2) is 10.2. The Labute approximate surface area is 181 Å². The van der Waals surface area contributed by atoms with E-state index in [0.29, 0.717) is 25.8 Å². The van der Waals surface area contributed by atoms with E-state index in [1.807, 2.05) is 18.2 Å². The molecule has 164 valence electrons. The molecule has 0 bridgehead atoms. The van der Waals surface area contributed by atoms with Crippen LogP contribution in [0.5, 0.6) is 11.5 Å². The van der Waals surface area contributed by atoms with E-state index < -0.39 is 0 Å². The van der Waals surface area contributed by atoms with Crippen molar-refractivity contribution in [3.63, 3.8) is 0 Å². The van der Waals surface area contributed by atoms with Gasteiger partial charge in [-0.3, -0.25) is 19.6 Å². The average molecular weight is 425 g/mol. The maximum Gasteiger partial charge on any atom is 0.231 e. The van der Waals surface area contributed by atoms with Gasteiger partial charge in [0.2, 0.25) is 18.6 Å². The Morgan fingerprint density at radius 2 is 1.87 bits per heavy atom. The van der Waals surface area contributed by atoms with Gasteiger partial charge in [-0.25, -0.2) is 0 Å². The van der Waals surface area contributed by atoms with Crippen molar-refractivity contribution >= 4 is 11.8 Å². The largest absolute Gasteiger partial charge is 0.454 e. The topological polar surface area (TPSA) is 102 Å². The van der Waals surface area contributed by atoms with Crippen molar-refractivity contribution in [2.24, 2.45) is 5.92 Å². The molecule has 8 nitrogen and oxygen atoms in total. The summed E-state index contributed by atoms with van der Waals surface area (Å²) in [5.41, 5.74) is 1.93. The third-order valence-electron chi connectivity index (χ3n) is 5.84. The molecule has 2 N–H and O–H groups in total. The Bertz CT molecular complexity index is 898. The lowest BCUT2D eigenvalue weighted by Crippen LogP contribution is -2.41. The molecule has 0 saturated heterocycles. The van der Waals surface area contributed by atoms with Gasteiger partial charge in [0, 0.05) is 49.9 Å². The molecule has 2 aliphatic rings. The molecular formula is C23H28N4O4. The molecule has 1 aromatic heterocycles. The SMILES string of the molecule is O=C(CCc1ccc2c(c1)OCO2)NC1CCC(C(=O)NCCc2cnccn2)CC1. The van der Waals surface area contributed by atoms with Crippen LogP contribution in [0.15, 0.2) is 36.8 Å². The van der Waals surface area contributed by atoms with Gasteiger partial charge in [0.15, 0.2) is 11.5 Å². The monoisotopic (exact) mass is 424 g/mol. The first-order valence-electron chi connectivity index (χ1n) is 10.9. The molecule has 2 amide bonds. The molecule has 1 aliphatic heterocycles. The Balaban J connectivity index is 1.12. The summed E-state index contributed by atoms with van der Waals surface area (Å²) in [6, 6.07) is 5.93. The lowest BCUT2D eigenvalue weighted by molar-refractivity contribution is -0.126. The van der Waals surface area contributed by atoms with Crippen LogP contribution in [0.3, 0.4) is 0 Å². The van der Waals surface area contributed by atoms with Crippen molar-refractivity contribution in [1.82, 2.24) is 20.6 Å². The summed E-state index contributed by atoms with van der Waals surface area (Å²) in [6.45, 7) is 0.815. The van der Waals surface area contributed by atoms with E-state index in [1.54, 1.807) is 18.6 Å². The van der Waals surface area contributed by atoms with E-state index >= 15 is 0 Å². The second-order valence-corrected chi connectivity index (χ2v) is 8.04. The highest BCUT2D eigenvalue weighted by Crippen LogP contribution is 2.32. The predicted molar refractivity (Wildman–Crippen MR) is 114 cm³/mol. The number of aryl methyl sites for hydroxylation is 1. The zero-order chi connectivity index (χ0) is 21.5. The third-order valence-corrected chi connectivity index (χ3v) is 5.84. The number of hydrogen-bond donors (Lipinski definition) is 2. The van der Waals surface area contributed by atoms with Crippen LogP contribution < -0.4 is 20.1 Å². The van der Waals surface area contributed by atoms with E-state index in [9.17, 15) is 9.59 Å². The van der Waals surface area contributed by atoms with Crippen LogP contribution in [0.25, 0.3) is 0 Å². The number of carbonyl (C=O) groups excluding carboxylic acids is 2. The number of aromatic nitrogens is 2. The summed E-state index contributed by atoms with van der Waals surface area (Å²) in [5.74, 6) is 1.66. The Hall–Kier alpha value is -3.16. The van der Waals surface area contributed by atoms with Gasteiger partial charge >= 0.3 is 0 Å². The molecule has 1 aromatic carbocycles. The molecular weight excluding hydrogens is 396 g/mol. The first-order valence-corrected chi connectivity index (χ1v) is 10.9. The van der Waals surface area contributed by atoms with Gasteiger partial charge in [-0.1, -0.05) is 6.07 Å². The van der Waals surface area contributed by atoms with Gasteiger partial charge in [0.1, 0.15) is 0 Å². The number of nitrogens with one attached hydrogen (secondary N) is 2. The first kappa shape index (κ1) is 21.1. The number of nitrogens with zero attached hydrogens (tertiary/aromatic N) is 2. The molecule has 2 aromatic rings. The standard InChI is InChI=1S/C23H28N4O4/c28-22(8-2-16-1-7-20-21(13-16)31-15-30-20)27-18-5-3-17(4-6-18)23(29)26-10-9-19-14-24-11-12-25-19/h1,7,11-14,17-18H,2-6,8-10,15H2,(H,26,29)(H,27,28). The highest BCUT2D eigenvalue weighted by atomic mass is 16.7. The van der Waals surface area contributed by atoms with Gasteiger partial charge in [0.25, 0.3) is 0 Å². The van der Waals surface area contributed by atoms with Crippen LogP contribution in [-0.4, -0.2) is 41.2 Å². The minimum Gasteiger partial charge on any atom is -0.454 e. The Morgan fingerprint density at radius 3 is 2.68 bits per heavy atom. The van der Waals surface area contributed by atoms with Gasteiger partial charge in [-0.2, -0.15) is 0 Å². The molecule has 0 radical (unpaired) electrons. The van der Waals surface area contributed by atoms with Crippen molar-refractivity contribution in [3.05, 3.63) is 48.0 Å². The number of hydrogen-bond acceptors (Lipinski definition) is 6. The Morgan fingerprint density at radius 1 is 1.03 bits per heavy atom. The van der Waals surface area contributed by atoms with Gasteiger partial charge in [0.05, 0.1) is 5.69 Å². The zero-order valence-corrected chi connectivity index (χ0v) is 17.5. The molecule has 1 aliphatic carbocycles. The van der Waals surface area contributed by atoms with E-state index in [1.165, 1.54) is 0 Å². The van der Waals surface area contributed by atoms with Crippen LogP contribution in [0.4, 0.5) is 0 Å². The molecule has 1 fully saturated rings.